The highest BCUT2D eigenvalue weighted by atomic mass is 79.9. The molecule has 2 nitrogen and oxygen atoms in total. The maximum absolute atomic E-state index is 6.53. The van der Waals surface area contributed by atoms with Crippen molar-refractivity contribution in [1.82, 2.24) is 4.98 Å². The second-order valence-corrected chi connectivity index (χ2v) is 6.34. The zero-order valence-electron chi connectivity index (χ0n) is 10.7. The maximum Gasteiger partial charge on any atom is 0.0460 e. The van der Waals surface area contributed by atoms with E-state index in [1.807, 2.05) is 0 Å². The Labute approximate surface area is 116 Å². The first-order chi connectivity index (χ1) is 8.66. The summed E-state index contributed by atoms with van der Waals surface area (Å²) in [5, 5.41) is 1.28. The molecule has 1 aliphatic rings. The smallest absolute Gasteiger partial charge is 0.0460 e. The van der Waals surface area contributed by atoms with Crippen LogP contribution in [0.5, 0.6) is 0 Å². The predicted octanol–water partition coefficient (Wildman–Crippen LogP) is 4.43. The van der Waals surface area contributed by atoms with Crippen molar-refractivity contribution in [1.29, 1.82) is 0 Å². The number of nitrogens with one attached hydrogen (secondary N) is 1. The molecule has 1 unspecified atom stereocenters. The molecule has 1 heterocycles. The van der Waals surface area contributed by atoms with Crippen LogP contribution < -0.4 is 5.73 Å². The number of benzene rings is 1. The molecule has 0 aliphatic heterocycles. The lowest BCUT2D eigenvalue weighted by atomic mass is 9.91. The van der Waals surface area contributed by atoms with Gasteiger partial charge in [0, 0.05) is 27.1 Å². The Kier molecular flexibility index (Phi) is 3.20. The van der Waals surface area contributed by atoms with E-state index >= 15 is 0 Å². The molecular weight excluding hydrogens is 288 g/mol. The normalized spacial score (nSPS) is 18.6. The molecule has 0 saturated heterocycles. The molecule has 18 heavy (non-hydrogen) atoms. The van der Waals surface area contributed by atoms with Crippen molar-refractivity contribution in [3.05, 3.63) is 33.9 Å². The highest BCUT2D eigenvalue weighted by molar-refractivity contribution is 9.10. The van der Waals surface area contributed by atoms with Crippen molar-refractivity contribution >= 4 is 26.8 Å². The molecule has 1 saturated carbocycles. The van der Waals surface area contributed by atoms with Crippen LogP contribution in [0.1, 0.15) is 43.0 Å². The summed E-state index contributed by atoms with van der Waals surface area (Å²) in [5.41, 5.74) is 10.3. The topological polar surface area (TPSA) is 41.8 Å². The number of fused-ring (bicyclic) bond motifs is 1. The molecule has 0 radical (unpaired) electrons. The summed E-state index contributed by atoms with van der Waals surface area (Å²) in [7, 11) is 0. The highest BCUT2D eigenvalue weighted by Crippen LogP contribution is 2.38. The molecule has 0 bridgehead atoms. The van der Waals surface area contributed by atoms with E-state index in [-0.39, 0.29) is 6.04 Å². The van der Waals surface area contributed by atoms with E-state index in [4.69, 9.17) is 5.73 Å². The van der Waals surface area contributed by atoms with Crippen LogP contribution in [0.15, 0.2) is 22.7 Å². The van der Waals surface area contributed by atoms with Crippen molar-refractivity contribution in [3.63, 3.8) is 0 Å². The van der Waals surface area contributed by atoms with E-state index in [9.17, 15) is 0 Å². The van der Waals surface area contributed by atoms with Crippen LogP contribution in [0.2, 0.25) is 0 Å². The quantitative estimate of drug-likeness (QED) is 0.847. The molecule has 3 N–H and O–H groups in total. The number of nitrogens with two attached hydrogens (primary N) is 1. The summed E-state index contributed by atoms with van der Waals surface area (Å²) in [6.45, 7) is 2.14. The van der Waals surface area contributed by atoms with Crippen molar-refractivity contribution in [2.45, 2.75) is 38.6 Å². The van der Waals surface area contributed by atoms with Gasteiger partial charge in [0.05, 0.1) is 0 Å². The maximum atomic E-state index is 6.53. The summed E-state index contributed by atoms with van der Waals surface area (Å²) < 4.78 is 1.12. The van der Waals surface area contributed by atoms with E-state index in [1.165, 1.54) is 47.8 Å². The van der Waals surface area contributed by atoms with E-state index in [2.05, 4.69) is 46.0 Å². The highest BCUT2D eigenvalue weighted by Gasteiger charge is 2.26. The summed E-state index contributed by atoms with van der Waals surface area (Å²) in [4.78, 5) is 3.46. The van der Waals surface area contributed by atoms with Gasteiger partial charge in [0.2, 0.25) is 0 Å². The minimum atomic E-state index is 0.176. The molecule has 2 aromatic rings. The number of aromatic nitrogens is 1. The standard InChI is InChI=1S/C15H19BrN2/c1-9-14(15(17)10-4-2-3-5-10)12-8-11(16)6-7-13(12)18-9/h6-8,10,15,18H,2-5,17H2,1H3. The second kappa shape index (κ2) is 4.71. The predicted molar refractivity (Wildman–Crippen MR) is 79.6 cm³/mol. The third-order valence-corrected chi connectivity index (χ3v) is 4.73. The van der Waals surface area contributed by atoms with Crippen LogP contribution in [0.25, 0.3) is 10.9 Å². The molecule has 0 amide bonds. The first-order valence-electron chi connectivity index (χ1n) is 6.70. The summed E-state index contributed by atoms with van der Waals surface area (Å²) >= 11 is 3.55. The number of H-pyrrole nitrogens is 1. The fourth-order valence-electron chi connectivity index (χ4n) is 3.30. The number of aryl methyl sites for hydroxylation is 1. The summed E-state index contributed by atoms with van der Waals surface area (Å²) in [6, 6.07) is 6.55. The third kappa shape index (κ3) is 1.99. The van der Waals surface area contributed by atoms with Crippen LogP contribution in [0.3, 0.4) is 0 Å². The van der Waals surface area contributed by atoms with Gasteiger partial charge in [0.1, 0.15) is 0 Å². The van der Waals surface area contributed by atoms with Crippen LogP contribution >= 0.6 is 15.9 Å². The molecular formula is C15H19BrN2. The van der Waals surface area contributed by atoms with Gasteiger partial charge in [-0.2, -0.15) is 0 Å². The minimum Gasteiger partial charge on any atom is -0.358 e. The molecule has 3 rings (SSSR count). The molecule has 1 atom stereocenters. The Morgan fingerprint density at radius 3 is 2.78 bits per heavy atom. The van der Waals surface area contributed by atoms with Gasteiger partial charge in [0.15, 0.2) is 0 Å². The average Bonchev–Trinajstić information content (AvgIpc) is 2.94. The third-order valence-electron chi connectivity index (χ3n) is 4.24. The Balaban J connectivity index is 2.09. The van der Waals surface area contributed by atoms with Crippen LogP contribution in [0, 0.1) is 12.8 Å². The molecule has 1 aromatic heterocycles. The SMILES string of the molecule is Cc1[nH]c2ccc(Br)cc2c1C(N)C1CCCC1. The van der Waals surface area contributed by atoms with Gasteiger partial charge in [-0.25, -0.2) is 0 Å². The Morgan fingerprint density at radius 1 is 1.33 bits per heavy atom. The van der Waals surface area contributed by atoms with Gasteiger partial charge >= 0.3 is 0 Å². The lowest BCUT2D eigenvalue weighted by Crippen LogP contribution is -2.19. The van der Waals surface area contributed by atoms with Crippen molar-refractivity contribution in [2.75, 3.05) is 0 Å². The van der Waals surface area contributed by atoms with Gasteiger partial charge in [0.25, 0.3) is 0 Å². The Morgan fingerprint density at radius 2 is 2.06 bits per heavy atom. The average molecular weight is 307 g/mol. The lowest BCUT2D eigenvalue weighted by molar-refractivity contribution is 0.445. The number of hydrogen-bond donors (Lipinski definition) is 2. The molecule has 1 aromatic carbocycles. The van der Waals surface area contributed by atoms with E-state index in [0.717, 1.165) is 4.47 Å². The second-order valence-electron chi connectivity index (χ2n) is 5.42. The zero-order valence-corrected chi connectivity index (χ0v) is 12.3. The molecule has 0 spiro atoms. The van der Waals surface area contributed by atoms with E-state index < -0.39 is 0 Å². The van der Waals surface area contributed by atoms with E-state index in [1.54, 1.807) is 0 Å². The first kappa shape index (κ1) is 12.2. The van der Waals surface area contributed by atoms with Gasteiger partial charge in [-0.05, 0) is 49.4 Å². The van der Waals surface area contributed by atoms with Gasteiger partial charge < -0.3 is 10.7 Å². The van der Waals surface area contributed by atoms with Crippen molar-refractivity contribution < 1.29 is 0 Å². The van der Waals surface area contributed by atoms with Gasteiger partial charge in [-0.15, -0.1) is 0 Å². The number of halogens is 1. The van der Waals surface area contributed by atoms with Gasteiger partial charge in [-0.1, -0.05) is 28.8 Å². The Bertz CT molecular complexity index is 567. The van der Waals surface area contributed by atoms with Gasteiger partial charge in [-0.3, -0.25) is 0 Å². The fourth-order valence-corrected chi connectivity index (χ4v) is 3.66. The molecule has 3 heteroatoms. The monoisotopic (exact) mass is 306 g/mol. The molecule has 1 aliphatic carbocycles. The van der Waals surface area contributed by atoms with Crippen molar-refractivity contribution in [2.24, 2.45) is 11.7 Å². The first-order valence-corrected chi connectivity index (χ1v) is 7.49. The minimum absolute atomic E-state index is 0.176. The molecule has 1 fully saturated rings. The Hall–Kier alpha value is -0.800. The number of rotatable bonds is 2. The van der Waals surface area contributed by atoms with E-state index in [0.29, 0.717) is 5.92 Å². The zero-order chi connectivity index (χ0) is 12.7. The fraction of sp³-hybridized carbons (Fsp3) is 0.467. The molecule has 96 valence electrons. The largest absolute Gasteiger partial charge is 0.358 e. The summed E-state index contributed by atoms with van der Waals surface area (Å²) in [6.07, 6.45) is 5.23. The number of hydrogen-bond acceptors (Lipinski definition) is 1. The van der Waals surface area contributed by atoms with Crippen LogP contribution in [-0.4, -0.2) is 4.98 Å². The number of aromatic amines is 1. The lowest BCUT2D eigenvalue weighted by Gasteiger charge is -2.19. The van der Waals surface area contributed by atoms with Crippen LogP contribution in [0.4, 0.5) is 0 Å². The summed E-state index contributed by atoms with van der Waals surface area (Å²) in [5.74, 6) is 0.654. The van der Waals surface area contributed by atoms with Crippen molar-refractivity contribution in [3.8, 4) is 0 Å². The van der Waals surface area contributed by atoms with Crippen LogP contribution in [-0.2, 0) is 0 Å².